The lowest BCUT2D eigenvalue weighted by Gasteiger charge is -2.25. The maximum atomic E-state index is 5.55. The fourth-order valence-electron chi connectivity index (χ4n) is 2.27. The van der Waals surface area contributed by atoms with Crippen molar-refractivity contribution in [3.8, 4) is 0 Å². The fraction of sp³-hybridized carbons (Fsp3) is 1.00. The zero-order chi connectivity index (χ0) is 11.3. The van der Waals surface area contributed by atoms with Gasteiger partial charge in [0.1, 0.15) is 0 Å². The van der Waals surface area contributed by atoms with Crippen LogP contribution in [0.4, 0.5) is 0 Å². The molecule has 16 heavy (non-hydrogen) atoms. The molecule has 0 atom stereocenters. The van der Waals surface area contributed by atoms with Gasteiger partial charge in [-0.3, -0.25) is 0 Å². The SMILES string of the molecule is CC1(CCNCC2CCOCC2)OCCO1. The van der Waals surface area contributed by atoms with Gasteiger partial charge in [-0.05, 0) is 32.2 Å². The molecule has 2 heterocycles. The van der Waals surface area contributed by atoms with Crippen molar-refractivity contribution in [2.45, 2.75) is 32.0 Å². The van der Waals surface area contributed by atoms with Gasteiger partial charge in [0.05, 0.1) is 13.2 Å². The summed E-state index contributed by atoms with van der Waals surface area (Å²) in [7, 11) is 0. The van der Waals surface area contributed by atoms with E-state index in [9.17, 15) is 0 Å². The van der Waals surface area contributed by atoms with Crippen LogP contribution in [0.1, 0.15) is 26.2 Å². The predicted octanol–water partition coefficient (Wildman–Crippen LogP) is 1.16. The Morgan fingerprint density at radius 1 is 1.12 bits per heavy atom. The molecule has 94 valence electrons. The van der Waals surface area contributed by atoms with E-state index in [2.05, 4.69) is 5.32 Å². The standard InChI is InChI=1S/C12H23NO3/c1-12(15-8-9-16-12)4-5-13-10-11-2-6-14-7-3-11/h11,13H,2-10H2,1H3. The van der Waals surface area contributed by atoms with Gasteiger partial charge in [0.2, 0.25) is 0 Å². The number of nitrogens with one attached hydrogen (secondary N) is 1. The highest BCUT2D eigenvalue weighted by molar-refractivity contribution is 4.71. The molecule has 4 heteroatoms. The van der Waals surface area contributed by atoms with E-state index < -0.39 is 0 Å². The molecule has 1 N–H and O–H groups in total. The molecule has 0 saturated carbocycles. The monoisotopic (exact) mass is 229 g/mol. The summed E-state index contributed by atoms with van der Waals surface area (Å²) < 4.78 is 16.4. The van der Waals surface area contributed by atoms with Gasteiger partial charge in [0.25, 0.3) is 0 Å². The van der Waals surface area contributed by atoms with E-state index in [0.29, 0.717) is 0 Å². The van der Waals surface area contributed by atoms with Gasteiger partial charge in [0.15, 0.2) is 5.79 Å². The predicted molar refractivity (Wildman–Crippen MR) is 61.3 cm³/mol. The van der Waals surface area contributed by atoms with Crippen LogP contribution in [0.3, 0.4) is 0 Å². The highest BCUT2D eigenvalue weighted by Gasteiger charge is 2.30. The number of rotatable bonds is 5. The third-order valence-corrected chi connectivity index (χ3v) is 3.43. The van der Waals surface area contributed by atoms with Crippen LogP contribution in [0.25, 0.3) is 0 Å². The van der Waals surface area contributed by atoms with Crippen LogP contribution in [-0.2, 0) is 14.2 Å². The molecule has 0 radical (unpaired) electrons. The summed E-state index contributed by atoms with van der Waals surface area (Å²) in [5.41, 5.74) is 0. The van der Waals surface area contributed by atoms with Gasteiger partial charge in [-0.2, -0.15) is 0 Å². The largest absolute Gasteiger partial charge is 0.381 e. The Labute approximate surface area is 97.6 Å². The summed E-state index contributed by atoms with van der Waals surface area (Å²) in [5, 5.41) is 3.49. The van der Waals surface area contributed by atoms with Crippen LogP contribution in [0.5, 0.6) is 0 Å². The second-order valence-corrected chi connectivity index (χ2v) is 4.84. The van der Waals surface area contributed by atoms with E-state index in [0.717, 1.165) is 51.9 Å². The summed E-state index contributed by atoms with van der Waals surface area (Å²) in [6.07, 6.45) is 3.31. The third kappa shape index (κ3) is 3.70. The molecule has 2 saturated heterocycles. The molecule has 0 aromatic heterocycles. The lowest BCUT2D eigenvalue weighted by molar-refractivity contribution is -0.145. The van der Waals surface area contributed by atoms with Crippen LogP contribution in [0.2, 0.25) is 0 Å². The smallest absolute Gasteiger partial charge is 0.166 e. The summed E-state index contributed by atoms with van der Waals surface area (Å²) in [6.45, 7) is 7.41. The van der Waals surface area contributed by atoms with E-state index in [1.807, 2.05) is 6.92 Å². The molecule has 2 aliphatic rings. The van der Waals surface area contributed by atoms with Gasteiger partial charge in [-0.1, -0.05) is 0 Å². The van der Waals surface area contributed by atoms with Gasteiger partial charge in [-0.25, -0.2) is 0 Å². The van der Waals surface area contributed by atoms with Gasteiger partial charge >= 0.3 is 0 Å². The van der Waals surface area contributed by atoms with Crippen molar-refractivity contribution in [2.75, 3.05) is 39.5 Å². The van der Waals surface area contributed by atoms with Crippen molar-refractivity contribution in [3.05, 3.63) is 0 Å². The van der Waals surface area contributed by atoms with Crippen molar-refractivity contribution in [2.24, 2.45) is 5.92 Å². The Morgan fingerprint density at radius 3 is 2.50 bits per heavy atom. The molecule has 2 rings (SSSR count). The van der Waals surface area contributed by atoms with Gasteiger partial charge < -0.3 is 19.5 Å². The quantitative estimate of drug-likeness (QED) is 0.718. The normalized spacial score (nSPS) is 26.1. The Morgan fingerprint density at radius 2 is 1.81 bits per heavy atom. The lowest BCUT2D eigenvalue weighted by Crippen LogP contribution is -2.34. The van der Waals surface area contributed by atoms with Crippen LogP contribution in [0.15, 0.2) is 0 Å². The minimum Gasteiger partial charge on any atom is -0.381 e. The molecule has 4 nitrogen and oxygen atoms in total. The second-order valence-electron chi connectivity index (χ2n) is 4.84. The van der Waals surface area contributed by atoms with E-state index in [4.69, 9.17) is 14.2 Å². The van der Waals surface area contributed by atoms with Crippen molar-refractivity contribution in [1.82, 2.24) is 5.32 Å². The average molecular weight is 229 g/mol. The summed E-state index contributed by atoms with van der Waals surface area (Å²) in [6, 6.07) is 0. The molecule has 0 aromatic carbocycles. The Hall–Kier alpha value is -0.160. The molecule has 0 bridgehead atoms. The minimum absolute atomic E-state index is 0.345. The molecular formula is C12H23NO3. The molecule has 0 spiro atoms. The van der Waals surface area contributed by atoms with Crippen molar-refractivity contribution < 1.29 is 14.2 Å². The van der Waals surface area contributed by atoms with Crippen molar-refractivity contribution in [1.29, 1.82) is 0 Å². The highest BCUT2D eigenvalue weighted by Crippen LogP contribution is 2.21. The average Bonchev–Trinajstić information content (AvgIpc) is 2.74. The summed E-state index contributed by atoms with van der Waals surface area (Å²) >= 11 is 0. The lowest BCUT2D eigenvalue weighted by atomic mass is 10.0. The van der Waals surface area contributed by atoms with Crippen LogP contribution in [-0.4, -0.2) is 45.3 Å². The Kier molecular flexibility index (Phi) is 4.58. The minimum atomic E-state index is -0.345. The Bertz CT molecular complexity index is 198. The van der Waals surface area contributed by atoms with E-state index in [-0.39, 0.29) is 5.79 Å². The van der Waals surface area contributed by atoms with Crippen molar-refractivity contribution >= 4 is 0 Å². The first kappa shape index (κ1) is 12.3. The van der Waals surface area contributed by atoms with Crippen LogP contribution < -0.4 is 5.32 Å². The Balaban J connectivity index is 1.54. The first-order valence-electron chi connectivity index (χ1n) is 6.35. The number of hydrogen-bond acceptors (Lipinski definition) is 4. The molecule has 0 aliphatic carbocycles. The number of hydrogen-bond donors (Lipinski definition) is 1. The summed E-state index contributed by atoms with van der Waals surface area (Å²) in [4.78, 5) is 0. The number of ether oxygens (including phenoxy) is 3. The fourth-order valence-corrected chi connectivity index (χ4v) is 2.27. The van der Waals surface area contributed by atoms with Gasteiger partial charge in [0, 0.05) is 26.2 Å². The van der Waals surface area contributed by atoms with Crippen LogP contribution in [0, 0.1) is 5.92 Å². The highest BCUT2D eigenvalue weighted by atomic mass is 16.7. The van der Waals surface area contributed by atoms with Gasteiger partial charge in [-0.15, -0.1) is 0 Å². The maximum absolute atomic E-state index is 5.55. The summed E-state index contributed by atoms with van der Waals surface area (Å²) in [5.74, 6) is 0.440. The zero-order valence-electron chi connectivity index (χ0n) is 10.2. The molecule has 0 amide bonds. The molecular weight excluding hydrogens is 206 g/mol. The van der Waals surface area contributed by atoms with Crippen LogP contribution >= 0.6 is 0 Å². The van der Waals surface area contributed by atoms with Crippen molar-refractivity contribution in [3.63, 3.8) is 0 Å². The van der Waals surface area contributed by atoms with E-state index in [1.165, 1.54) is 12.8 Å². The maximum Gasteiger partial charge on any atom is 0.166 e. The molecule has 0 aromatic rings. The second kappa shape index (κ2) is 5.96. The topological polar surface area (TPSA) is 39.7 Å². The third-order valence-electron chi connectivity index (χ3n) is 3.43. The molecule has 2 fully saturated rings. The molecule has 0 unspecified atom stereocenters. The van der Waals surface area contributed by atoms with E-state index >= 15 is 0 Å². The van der Waals surface area contributed by atoms with E-state index in [1.54, 1.807) is 0 Å². The first-order valence-corrected chi connectivity index (χ1v) is 6.35. The first-order chi connectivity index (χ1) is 7.79. The zero-order valence-corrected chi connectivity index (χ0v) is 10.2. The molecule has 2 aliphatic heterocycles.